The largest absolute Gasteiger partial charge is 0.325 e. The number of carbonyl (C=O) groups is 1. The van der Waals surface area contributed by atoms with Crippen molar-refractivity contribution in [2.75, 3.05) is 11.1 Å². The van der Waals surface area contributed by atoms with Crippen LogP contribution < -0.4 is 5.32 Å². The van der Waals surface area contributed by atoms with Crippen LogP contribution in [0.15, 0.2) is 59.9 Å². The molecule has 3 aromatic rings. The summed E-state index contributed by atoms with van der Waals surface area (Å²) in [6.07, 6.45) is 1.49. The molecule has 4 nitrogen and oxygen atoms in total. The standard InChI is InChI=1S/C16H12FN3OS/c17-11-5-7-12(8-6-11)20-15(21)9-22-16-13-3-1-2-4-14(13)18-10-19-16/h1-8,10H,9H2,(H,20,21). The van der Waals surface area contributed by atoms with Crippen molar-refractivity contribution in [2.45, 2.75) is 5.03 Å². The van der Waals surface area contributed by atoms with Gasteiger partial charge in [-0.05, 0) is 30.3 Å². The fraction of sp³-hybridized carbons (Fsp3) is 0.0625. The van der Waals surface area contributed by atoms with E-state index < -0.39 is 0 Å². The summed E-state index contributed by atoms with van der Waals surface area (Å²) < 4.78 is 12.8. The molecule has 0 saturated carbocycles. The Labute approximate surface area is 130 Å². The van der Waals surface area contributed by atoms with E-state index in [1.807, 2.05) is 24.3 Å². The maximum absolute atomic E-state index is 12.8. The van der Waals surface area contributed by atoms with E-state index in [0.717, 1.165) is 15.9 Å². The van der Waals surface area contributed by atoms with Crippen LogP contribution in [-0.2, 0) is 4.79 Å². The van der Waals surface area contributed by atoms with Crippen LogP contribution in [0.3, 0.4) is 0 Å². The van der Waals surface area contributed by atoms with Crippen molar-refractivity contribution in [1.82, 2.24) is 9.97 Å². The van der Waals surface area contributed by atoms with E-state index in [2.05, 4.69) is 15.3 Å². The number of amides is 1. The first-order valence-corrected chi connectivity index (χ1v) is 7.59. The highest BCUT2D eigenvalue weighted by molar-refractivity contribution is 8.00. The molecule has 6 heteroatoms. The summed E-state index contributed by atoms with van der Waals surface area (Å²) in [6, 6.07) is 13.3. The molecule has 0 atom stereocenters. The summed E-state index contributed by atoms with van der Waals surface area (Å²) >= 11 is 1.34. The quantitative estimate of drug-likeness (QED) is 0.591. The topological polar surface area (TPSA) is 54.9 Å². The monoisotopic (exact) mass is 313 g/mol. The van der Waals surface area contributed by atoms with Crippen LogP contribution in [0.5, 0.6) is 0 Å². The Morgan fingerprint density at radius 2 is 1.86 bits per heavy atom. The number of rotatable bonds is 4. The third-order valence-corrected chi connectivity index (χ3v) is 3.98. The van der Waals surface area contributed by atoms with E-state index >= 15 is 0 Å². The number of aromatic nitrogens is 2. The van der Waals surface area contributed by atoms with Gasteiger partial charge in [0.15, 0.2) is 0 Å². The summed E-state index contributed by atoms with van der Waals surface area (Å²) in [5.74, 6) is -0.280. The Morgan fingerprint density at radius 3 is 2.68 bits per heavy atom. The van der Waals surface area contributed by atoms with Gasteiger partial charge >= 0.3 is 0 Å². The fourth-order valence-corrected chi connectivity index (χ4v) is 2.75. The summed E-state index contributed by atoms with van der Waals surface area (Å²) in [6.45, 7) is 0. The van der Waals surface area contributed by atoms with Crippen LogP contribution in [0.4, 0.5) is 10.1 Å². The normalized spacial score (nSPS) is 10.6. The Bertz CT molecular complexity index is 803. The van der Waals surface area contributed by atoms with E-state index in [4.69, 9.17) is 0 Å². The minimum atomic E-state index is -0.333. The van der Waals surface area contributed by atoms with Gasteiger partial charge in [0.05, 0.1) is 11.3 Å². The second kappa shape index (κ2) is 6.53. The lowest BCUT2D eigenvalue weighted by atomic mass is 10.2. The third-order valence-electron chi connectivity index (χ3n) is 2.97. The van der Waals surface area contributed by atoms with Gasteiger partial charge in [-0.3, -0.25) is 4.79 Å². The van der Waals surface area contributed by atoms with Crippen LogP contribution >= 0.6 is 11.8 Å². The minimum absolute atomic E-state index is 0.167. The van der Waals surface area contributed by atoms with Crippen LogP contribution in [0.25, 0.3) is 10.9 Å². The van der Waals surface area contributed by atoms with E-state index in [1.54, 1.807) is 0 Å². The van der Waals surface area contributed by atoms with Gasteiger partial charge in [0, 0.05) is 11.1 Å². The zero-order chi connectivity index (χ0) is 15.4. The smallest absolute Gasteiger partial charge is 0.234 e. The van der Waals surface area contributed by atoms with Crippen molar-refractivity contribution in [2.24, 2.45) is 0 Å². The molecule has 0 aliphatic carbocycles. The molecule has 0 radical (unpaired) electrons. The zero-order valence-corrected chi connectivity index (χ0v) is 12.3. The van der Waals surface area contributed by atoms with Gasteiger partial charge in [0.1, 0.15) is 17.2 Å². The van der Waals surface area contributed by atoms with Gasteiger partial charge in [-0.2, -0.15) is 0 Å². The molecule has 0 aliphatic rings. The minimum Gasteiger partial charge on any atom is -0.325 e. The maximum Gasteiger partial charge on any atom is 0.234 e. The number of hydrogen-bond donors (Lipinski definition) is 1. The Balaban J connectivity index is 1.66. The molecule has 1 N–H and O–H groups in total. The maximum atomic E-state index is 12.8. The lowest BCUT2D eigenvalue weighted by Crippen LogP contribution is -2.14. The average Bonchev–Trinajstić information content (AvgIpc) is 2.55. The predicted molar refractivity (Wildman–Crippen MR) is 85.3 cm³/mol. The lowest BCUT2D eigenvalue weighted by molar-refractivity contribution is -0.113. The molecule has 0 aliphatic heterocycles. The molecule has 0 spiro atoms. The van der Waals surface area contributed by atoms with E-state index in [0.29, 0.717) is 5.69 Å². The molecule has 0 fully saturated rings. The average molecular weight is 313 g/mol. The molecule has 0 saturated heterocycles. The number of para-hydroxylation sites is 1. The van der Waals surface area contributed by atoms with Gasteiger partial charge in [-0.15, -0.1) is 0 Å². The van der Waals surface area contributed by atoms with E-state index in [-0.39, 0.29) is 17.5 Å². The molecule has 110 valence electrons. The molecule has 22 heavy (non-hydrogen) atoms. The fourth-order valence-electron chi connectivity index (χ4n) is 1.96. The summed E-state index contributed by atoms with van der Waals surface area (Å²) in [7, 11) is 0. The van der Waals surface area contributed by atoms with E-state index in [9.17, 15) is 9.18 Å². The van der Waals surface area contributed by atoms with Crippen molar-refractivity contribution in [1.29, 1.82) is 0 Å². The van der Waals surface area contributed by atoms with Crippen LogP contribution in [0.1, 0.15) is 0 Å². The van der Waals surface area contributed by atoms with Gasteiger partial charge in [-0.1, -0.05) is 30.0 Å². The Hall–Kier alpha value is -2.47. The van der Waals surface area contributed by atoms with Gasteiger partial charge in [-0.25, -0.2) is 14.4 Å². The number of thioether (sulfide) groups is 1. The molecule has 2 aromatic carbocycles. The number of hydrogen-bond acceptors (Lipinski definition) is 4. The van der Waals surface area contributed by atoms with Crippen LogP contribution in [0, 0.1) is 5.82 Å². The van der Waals surface area contributed by atoms with Crippen molar-refractivity contribution >= 4 is 34.3 Å². The van der Waals surface area contributed by atoms with Crippen molar-refractivity contribution in [3.63, 3.8) is 0 Å². The lowest BCUT2D eigenvalue weighted by Gasteiger charge is -2.06. The summed E-state index contributed by atoms with van der Waals surface area (Å²) in [5, 5.41) is 4.40. The number of anilines is 1. The van der Waals surface area contributed by atoms with Crippen LogP contribution in [0.2, 0.25) is 0 Å². The zero-order valence-electron chi connectivity index (χ0n) is 11.5. The Kier molecular flexibility index (Phi) is 4.29. The molecule has 1 aromatic heterocycles. The first kappa shape index (κ1) is 14.5. The van der Waals surface area contributed by atoms with Gasteiger partial charge < -0.3 is 5.32 Å². The number of nitrogens with one attached hydrogen (secondary N) is 1. The summed E-state index contributed by atoms with van der Waals surface area (Å²) in [5.41, 5.74) is 1.42. The molecule has 0 bridgehead atoms. The molecule has 1 amide bonds. The SMILES string of the molecule is O=C(CSc1ncnc2ccccc12)Nc1ccc(F)cc1. The van der Waals surface area contributed by atoms with E-state index in [1.165, 1.54) is 42.4 Å². The molecule has 0 unspecified atom stereocenters. The third kappa shape index (κ3) is 3.40. The van der Waals surface area contributed by atoms with Gasteiger partial charge in [0.25, 0.3) is 0 Å². The highest BCUT2D eigenvalue weighted by Crippen LogP contribution is 2.24. The summed E-state index contributed by atoms with van der Waals surface area (Å²) in [4.78, 5) is 20.3. The van der Waals surface area contributed by atoms with Gasteiger partial charge in [0.2, 0.25) is 5.91 Å². The molecular formula is C16H12FN3OS. The van der Waals surface area contributed by atoms with Crippen molar-refractivity contribution in [3.8, 4) is 0 Å². The first-order chi connectivity index (χ1) is 10.7. The van der Waals surface area contributed by atoms with Crippen molar-refractivity contribution in [3.05, 3.63) is 60.7 Å². The molecular weight excluding hydrogens is 301 g/mol. The Morgan fingerprint density at radius 1 is 1.09 bits per heavy atom. The number of fused-ring (bicyclic) bond motifs is 1. The first-order valence-electron chi connectivity index (χ1n) is 6.60. The number of nitrogens with zero attached hydrogens (tertiary/aromatic N) is 2. The van der Waals surface area contributed by atoms with Crippen molar-refractivity contribution < 1.29 is 9.18 Å². The number of halogens is 1. The second-order valence-corrected chi connectivity index (χ2v) is 5.50. The van der Waals surface area contributed by atoms with Crippen LogP contribution in [-0.4, -0.2) is 21.6 Å². The predicted octanol–water partition coefficient (Wildman–Crippen LogP) is 3.50. The number of carbonyl (C=O) groups excluding carboxylic acids is 1. The number of benzene rings is 2. The highest BCUT2D eigenvalue weighted by Gasteiger charge is 2.08. The highest BCUT2D eigenvalue weighted by atomic mass is 32.2. The second-order valence-electron chi connectivity index (χ2n) is 4.54. The molecule has 1 heterocycles. The molecule has 3 rings (SSSR count).